The molecule has 0 aromatic heterocycles. The molecule has 7 nitrogen and oxygen atoms in total. The van der Waals surface area contributed by atoms with Gasteiger partial charge in [0.05, 0.1) is 0 Å². The van der Waals surface area contributed by atoms with Crippen LogP contribution in [-0.4, -0.2) is 65.5 Å². The van der Waals surface area contributed by atoms with E-state index in [2.05, 4.69) is 5.32 Å². The quantitative estimate of drug-likeness (QED) is 0.699. The summed E-state index contributed by atoms with van der Waals surface area (Å²) < 4.78 is 0. The molecule has 2 N–H and O–H groups in total. The summed E-state index contributed by atoms with van der Waals surface area (Å²) in [5, 5.41) is 11.5. The Morgan fingerprint density at radius 3 is 2.05 bits per heavy atom. The van der Waals surface area contributed by atoms with E-state index in [1.807, 2.05) is 27.7 Å². The highest BCUT2D eigenvalue weighted by molar-refractivity contribution is 5.86. The Labute approximate surface area is 126 Å². The second-order valence-corrected chi connectivity index (χ2v) is 5.39. The summed E-state index contributed by atoms with van der Waals surface area (Å²) in [4.78, 5) is 37.8. The van der Waals surface area contributed by atoms with Crippen molar-refractivity contribution in [2.45, 2.75) is 40.2 Å². The van der Waals surface area contributed by atoms with Gasteiger partial charge in [0.1, 0.15) is 12.6 Å². The van der Waals surface area contributed by atoms with Gasteiger partial charge in [-0.05, 0) is 26.2 Å². The van der Waals surface area contributed by atoms with Crippen molar-refractivity contribution in [3.05, 3.63) is 0 Å². The zero-order valence-corrected chi connectivity index (χ0v) is 13.5. The molecule has 0 aromatic carbocycles. The highest BCUT2D eigenvalue weighted by Crippen LogP contribution is 2.05. The zero-order valence-electron chi connectivity index (χ0n) is 13.5. The minimum absolute atomic E-state index is 0.0679. The Hall–Kier alpha value is -1.79. The van der Waals surface area contributed by atoms with Crippen LogP contribution in [0.25, 0.3) is 0 Å². The van der Waals surface area contributed by atoms with Gasteiger partial charge < -0.3 is 20.2 Å². The van der Waals surface area contributed by atoms with Crippen molar-refractivity contribution in [3.8, 4) is 0 Å². The lowest BCUT2D eigenvalue weighted by atomic mass is 10.0. The highest BCUT2D eigenvalue weighted by atomic mass is 16.4. The first-order valence-electron chi connectivity index (χ1n) is 7.25. The second-order valence-electron chi connectivity index (χ2n) is 5.39. The molecule has 0 aliphatic rings. The molecule has 0 heterocycles. The van der Waals surface area contributed by atoms with E-state index < -0.39 is 18.0 Å². The molecular weight excluding hydrogens is 274 g/mol. The van der Waals surface area contributed by atoms with Gasteiger partial charge in [-0.1, -0.05) is 13.8 Å². The monoisotopic (exact) mass is 301 g/mol. The molecule has 1 unspecified atom stereocenters. The largest absolute Gasteiger partial charge is 0.480 e. The molecule has 21 heavy (non-hydrogen) atoms. The summed E-state index contributed by atoms with van der Waals surface area (Å²) in [6.45, 7) is 8.59. The van der Waals surface area contributed by atoms with E-state index in [4.69, 9.17) is 5.11 Å². The number of carboxylic acid groups (broad SMARTS) is 1. The highest BCUT2D eigenvalue weighted by Gasteiger charge is 2.24. The number of hydrogen-bond acceptors (Lipinski definition) is 3. The average molecular weight is 301 g/mol. The van der Waals surface area contributed by atoms with E-state index >= 15 is 0 Å². The lowest BCUT2D eigenvalue weighted by Crippen LogP contribution is -2.50. The zero-order chi connectivity index (χ0) is 16.6. The second kappa shape index (κ2) is 9.20. The van der Waals surface area contributed by atoms with Crippen molar-refractivity contribution in [3.63, 3.8) is 0 Å². The fraction of sp³-hybridized carbons (Fsp3) is 0.786. The third-order valence-corrected chi connectivity index (χ3v) is 3.14. The first-order chi connectivity index (χ1) is 9.72. The molecule has 0 spiro atoms. The Balaban J connectivity index is 4.55. The number of hydrogen-bond donors (Lipinski definition) is 2. The number of rotatable bonds is 8. The number of nitrogens with zero attached hydrogens (tertiary/aromatic N) is 2. The molecule has 0 saturated heterocycles. The van der Waals surface area contributed by atoms with E-state index in [0.29, 0.717) is 19.5 Å². The van der Waals surface area contributed by atoms with Gasteiger partial charge in [-0.25, -0.2) is 9.59 Å². The maximum absolute atomic E-state index is 12.0. The number of amides is 3. The SMILES string of the molecule is CCN(CC)C(=O)CN(C)C(=O)NC(CC(C)C)C(=O)O. The molecule has 0 radical (unpaired) electrons. The van der Waals surface area contributed by atoms with Gasteiger partial charge in [-0.2, -0.15) is 0 Å². The minimum atomic E-state index is -1.07. The van der Waals surface area contributed by atoms with E-state index in [9.17, 15) is 14.4 Å². The van der Waals surface area contributed by atoms with Crippen molar-refractivity contribution in [1.82, 2.24) is 15.1 Å². The molecule has 0 aliphatic carbocycles. The van der Waals surface area contributed by atoms with Gasteiger partial charge in [0, 0.05) is 20.1 Å². The summed E-state index contributed by atoms with van der Waals surface area (Å²) in [6.07, 6.45) is 0.346. The third-order valence-electron chi connectivity index (χ3n) is 3.14. The summed E-state index contributed by atoms with van der Waals surface area (Å²) in [5.74, 6) is -1.08. The number of urea groups is 1. The van der Waals surface area contributed by atoms with Crippen LogP contribution in [-0.2, 0) is 9.59 Å². The normalized spacial score (nSPS) is 11.9. The molecule has 0 fully saturated rings. The predicted molar refractivity (Wildman–Crippen MR) is 80.0 cm³/mol. The maximum Gasteiger partial charge on any atom is 0.326 e. The molecule has 0 aromatic rings. The van der Waals surface area contributed by atoms with Gasteiger partial charge >= 0.3 is 12.0 Å². The standard InChI is InChI=1S/C14H27N3O4/c1-6-17(7-2)12(18)9-16(5)14(21)15-11(13(19)20)8-10(3)4/h10-11H,6-9H2,1-5H3,(H,15,21)(H,19,20). The number of carbonyl (C=O) groups excluding carboxylic acids is 2. The van der Waals surface area contributed by atoms with Crippen LogP contribution in [0.3, 0.4) is 0 Å². The predicted octanol–water partition coefficient (Wildman–Crippen LogP) is 0.996. The van der Waals surface area contributed by atoms with Gasteiger partial charge in [0.2, 0.25) is 5.91 Å². The van der Waals surface area contributed by atoms with E-state index in [-0.39, 0.29) is 18.4 Å². The Morgan fingerprint density at radius 1 is 1.14 bits per heavy atom. The molecule has 1 atom stereocenters. The first kappa shape index (κ1) is 19.2. The minimum Gasteiger partial charge on any atom is -0.480 e. The number of carbonyl (C=O) groups is 3. The van der Waals surface area contributed by atoms with E-state index in [1.54, 1.807) is 4.90 Å². The van der Waals surface area contributed by atoms with Gasteiger partial charge in [-0.3, -0.25) is 4.79 Å². The van der Waals surface area contributed by atoms with E-state index in [0.717, 1.165) is 0 Å². The summed E-state index contributed by atoms with van der Waals surface area (Å²) >= 11 is 0. The number of aliphatic carboxylic acids is 1. The van der Waals surface area contributed by atoms with Crippen LogP contribution in [0.15, 0.2) is 0 Å². The smallest absolute Gasteiger partial charge is 0.326 e. The fourth-order valence-electron chi connectivity index (χ4n) is 1.90. The van der Waals surface area contributed by atoms with E-state index in [1.165, 1.54) is 11.9 Å². The Kier molecular flexibility index (Phi) is 8.42. The van der Waals surface area contributed by atoms with Crippen LogP contribution >= 0.6 is 0 Å². The Morgan fingerprint density at radius 2 is 1.67 bits per heavy atom. The number of nitrogens with one attached hydrogen (secondary N) is 1. The molecule has 0 aliphatic heterocycles. The molecule has 0 bridgehead atoms. The molecule has 0 saturated carbocycles. The van der Waals surface area contributed by atoms with Crippen molar-refractivity contribution in [2.24, 2.45) is 5.92 Å². The van der Waals surface area contributed by atoms with Gasteiger partial charge in [0.25, 0.3) is 0 Å². The third kappa shape index (κ3) is 6.97. The van der Waals surface area contributed by atoms with Gasteiger partial charge in [-0.15, -0.1) is 0 Å². The molecule has 0 rings (SSSR count). The lowest BCUT2D eigenvalue weighted by Gasteiger charge is -2.25. The molecule has 122 valence electrons. The average Bonchev–Trinajstić information content (AvgIpc) is 2.38. The molecular formula is C14H27N3O4. The van der Waals surface area contributed by atoms with Crippen molar-refractivity contribution in [2.75, 3.05) is 26.7 Å². The first-order valence-corrected chi connectivity index (χ1v) is 7.25. The number of likely N-dealkylation sites (N-methyl/N-ethyl adjacent to an activating group) is 2. The fourth-order valence-corrected chi connectivity index (χ4v) is 1.90. The maximum atomic E-state index is 12.0. The van der Waals surface area contributed by atoms with Crippen LogP contribution < -0.4 is 5.32 Å². The van der Waals surface area contributed by atoms with Crippen LogP contribution in [0.4, 0.5) is 4.79 Å². The summed E-state index contributed by atoms with van der Waals surface area (Å²) in [5.41, 5.74) is 0. The van der Waals surface area contributed by atoms with Crippen LogP contribution in [0.2, 0.25) is 0 Å². The molecule has 7 heteroatoms. The van der Waals surface area contributed by atoms with Crippen LogP contribution in [0, 0.1) is 5.92 Å². The van der Waals surface area contributed by atoms with Gasteiger partial charge in [0.15, 0.2) is 0 Å². The summed E-state index contributed by atoms with van der Waals surface area (Å²) in [7, 11) is 1.48. The van der Waals surface area contributed by atoms with Crippen LogP contribution in [0.1, 0.15) is 34.1 Å². The van der Waals surface area contributed by atoms with Crippen LogP contribution in [0.5, 0.6) is 0 Å². The summed E-state index contributed by atoms with van der Waals surface area (Å²) in [6, 6.07) is -1.49. The van der Waals surface area contributed by atoms with Crippen molar-refractivity contribution < 1.29 is 19.5 Å². The molecule has 3 amide bonds. The number of carboxylic acids is 1. The topological polar surface area (TPSA) is 90.0 Å². The Bertz CT molecular complexity index is 367. The van der Waals surface area contributed by atoms with Crippen molar-refractivity contribution >= 4 is 17.9 Å². The van der Waals surface area contributed by atoms with Crippen molar-refractivity contribution in [1.29, 1.82) is 0 Å². The lowest BCUT2D eigenvalue weighted by molar-refractivity contribution is -0.139.